The molecule has 1 rings (SSSR count). The van der Waals surface area contributed by atoms with Crippen LogP contribution in [0.25, 0.3) is 0 Å². The standard InChI is InChI=1S/C17H32O7/c1-2-3-4-5-6-7-8-9-10-13(18)23-11-12-14(19)15(20)16(21)17(22)24-12/h12,14-17,19-22H,2-11H2,1H3/t12-,14+,15+,16-,17+/m1/s1. The van der Waals surface area contributed by atoms with E-state index in [9.17, 15) is 25.2 Å². The van der Waals surface area contributed by atoms with Crippen molar-refractivity contribution in [1.29, 1.82) is 0 Å². The second kappa shape index (κ2) is 11.8. The van der Waals surface area contributed by atoms with E-state index in [4.69, 9.17) is 9.47 Å². The lowest BCUT2D eigenvalue weighted by atomic mass is 9.99. The predicted molar refractivity (Wildman–Crippen MR) is 87.1 cm³/mol. The van der Waals surface area contributed by atoms with Crippen LogP contribution in [0.4, 0.5) is 0 Å². The van der Waals surface area contributed by atoms with Crippen molar-refractivity contribution in [1.82, 2.24) is 0 Å². The van der Waals surface area contributed by atoms with Crippen LogP contribution in [0, 0.1) is 0 Å². The smallest absolute Gasteiger partial charge is 0.305 e. The summed E-state index contributed by atoms with van der Waals surface area (Å²) in [6.45, 7) is 1.92. The first kappa shape index (κ1) is 21.3. The van der Waals surface area contributed by atoms with Crippen LogP contribution >= 0.6 is 0 Å². The number of rotatable bonds is 11. The molecular weight excluding hydrogens is 316 g/mol. The van der Waals surface area contributed by atoms with Crippen LogP contribution in [-0.2, 0) is 14.3 Å². The molecule has 4 N–H and O–H groups in total. The van der Waals surface area contributed by atoms with Crippen LogP contribution in [0.3, 0.4) is 0 Å². The van der Waals surface area contributed by atoms with Gasteiger partial charge in [-0.25, -0.2) is 0 Å². The molecule has 1 aliphatic rings. The molecule has 7 nitrogen and oxygen atoms in total. The summed E-state index contributed by atoms with van der Waals surface area (Å²) < 4.78 is 9.96. The molecule has 1 aliphatic heterocycles. The quantitative estimate of drug-likeness (QED) is 0.323. The van der Waals surface area contributed by atoms with Crippen molar-refractivity contribution in [2.45, 2.75) is 95.4 Å². The zero-order valence-electron chi connectivity index (χ0n) is 14.5. The minimum Gasteiger partial charge on any atom is -0.463 e. The van der Waals surface area contributed by atoms with Crippen LogP contribution in [-0.4, -0.2) is 63.7 Å². The van der Waals surface area contributed by atoms with E-state index < -0.39 is 36.7 Å². The van der Waals surface area contributed by atoms with Gasteiger partial charge in [-0.3, -0.25) is 4.79 Å². The van der Waals surface area contributed by atoms with Gasteiger partial charge in [0, 0.05) is 6.42 Å². The summed E-state index contributed by atoms with van der Waals surface area (Å²) in [7, 11) is 0. The van der Waals surface area contributed by atoms with Crippen LogP contribution < -0.4 is 0 Å². The molecule has 1 heterocycles. The Labute approximate surface area is 143 Å². The third kappa shape index (κ3) is 7.44. The summed E-state index contributed by atoms with van der Waals surface area (Å²) in [5.41, 5.74) is 0. The Kier molecular flexibility index (Phi) is 10.4. The number of aliphatic hydroxyl groups excluding tert-OH is 4. The zero-order valence-corrected chi connectivity index (χ0v) is 14.5. The largest absolute Gasteiger partial charge is 0.463 e. The molecule has 1 saturated heterocycles. The van der Waals surface area contributed by atoms with Crippen molar-refractivity contribution in [3.8, 4) is 0 Å². The Hall–Kier alpha value is -0.730. The third-order valence-corrected chi connectivity index (χ3v) is 4.33. The summed E-state index contributed by atoms with van der Waals surface area (Å²) in [4.78, 5) is 11.7. The molecule has 142 valence electrons. The first-order chi connectivity index (χ1) is 11.5. The Morgan fingerprint density at radius 2 is 1.46 bits per heavy atom. The molecule has 5 atom stereocenters. The number of hydrogen-bond donors (Lipinski definition) is 4. The van der Waals surface area contributed by atoms with E-state index in [0.717, 1.165) is 19.3 Å². The summed E-state index contributed by atoms with van der Waals surface area (Å²) in [6.07, 6.45) is 2.16. The van der Waals surface area contributed by atoms with Gasteiger partial charge in [-0.05, 0) is 6.42 Å². The zero-order chi connectivity index (χ0) is 17.9. The van der Waals surface area contributed by atoms with Gasteiger partial charge in [0.25, 0.3) is 0 Å². The van der Waals surface area contributed by atoms with Gasteiger partial charge in [0.15, 0.2) is 6.29 Å². The highest BCUT2D eigenvalue weighted by Gasteiger charge is 2.43. The van der Waals surface area contributed by atoms with E-state index >= 15 is 0 Å². The fraction of sp³-hybridized carbons (Fsp3) is 0.941. The Morgan fingerprint density at radius 3 is 2.08 bits per heavy atom. The van der Waals surface area contributed by atoms with Gasteiger partial charge < -0.3 is 29.9 Å². The number of esters is 1. The highest BCUT2D eigenvalue weighted by Crippen LogP contribution is 2.20. The molecule has 24 heavy (non-hydrogen) atoms. The lowest BCUT2D eigenvalue weighted by molar-refractivity contribution is -0.287. The average Bonchev–Trinajstić information content (AvgIpc) is 2.57. The molecule has 0 bridgehead atoms. The topological polar surface area (TPSA) is 116 Å². The van der Waals surface area contributed by atoms with Crippen molar-refractivity contribution in [2.24, 2.45) is 0 Å². The van der Waals surface area contributed by atoms with E-state index in [1.807, 2.05) is 0 Å². The van der Waals surface area contributed by atoms with Crippen LogP contribution in [0.2, 0.25) is 0 Å². The van der Waals surface area contributed by atoms with Gasteiger partial charge in [0.2, 0.25) is 0 Å². The Bertz CT molecular complexity index is 350. The summed E-state index contributed by atoms with van der Waals surface area (Å²) in [6, 6.07) is 0. The maximum Gasteiger partial charge on any atom is 0.305 e. The highest BCUT2D eigenvalue weighted by molar-refractivity contribution is 5.69. The second-order valence-electron chi connectivity index (χ2n) is 6.44. The number of ether oxygens (including phenoxy) is 2. The molecule has 1 fully saturated rings. The summed E-state index contributed by atoms with van der Waals surface area (Å²) in [5.74, 6) is -0.396. The van der Waals surface area contributed by atoms with E-state index in [-0.39, 0.29) is 6.61 Å². The molecule has 7 heteroatoms. The van der Waals surface area contributed by atoms with Crippen molar-refractivity contribution in [3.05, 3.63) is 0 Å². The van der Waals surface area contributed by atoms with Gasteiger partial charge in [0.05, 0.1) is 0 Å². The van der Waals surface area contributed by atoms with Crippen LogP contribution in [0.5, 0.6) is 0 Å². The van der Waals surface area contributed by atoms with Crippen molar-refractivity contribution >= 4 is 5.97 Å². The normalized spacial score (nSPS) is 30.3. The van der Waals surface area contributed by atoms with E-state index in [0.29, 0.717) is 6.42 Å². The number of carbonyl (C=O) groups excluding carboxylic acids is 1. The first-order valence-corrected chi connectivity index (χ1v) is 9.00. The first-order valence-electron chi connectivity index (χ1n) is 9.00. The predicted octanol–water partition coefficient (Wildman–Crippen LogP) is 0.860. The molecule has 0 aromatic heterocycles. The minimum atomic E-state index is -1.61. The third-order valence-electron chi connectivity index (χ3n) is 4.33. The number of carbonyl (C=O) groups is 1. The van der Waals surface area contributed by atoms with Gasteiger partial charge >= 0.3 is 5.97 Å². The number of unbranched alkanes of at least 4 members (excludes halogenated alkanes) is 7. The fourth-order valence-corrected chi connectivity index (χ4v) is 2.72. The molecule has 0 aromatic rings. The average molecular weight is 348 g/mol. The lowest BCUT2D eigenvalue weighted by Crippen LogP contribution is -2.58. The van der Waals surface area contributed by atoms with Crippen molar-refractivity contribution < 1.29 is 34.7 Å². The Balaban J connectivity index is 2.09. The minimum absolute atomic E-state index is 0.266. The maximum atomic E-state index is 11.7. The fourth-order valence-electron chi connectivity index (χ4n) is 2.72. The summed E-state index contributed by atoms with van der Waals surface area (Å²) in [5, 5.41) is 38.0. The molecular formula is C17H32O7. The molecule has 0 saturated carbocycles. The Morgan fingerprint density at radius 1 is 0.875 bits per heavy atom. The molecule has 0 radical (unpaired) electrons. The van der Waals surface area contributed by atoms with E-state index in [1.165, 1.54) is 32.1 Å². The lowest BCUT2D eigenvalue weighted by Gasteiger charge is -2.37. The molecule has 0 amide bonds. The molecule has 0 aliphatic carbocycles. The van der Waals surface area contributed by atoms with Gasteiger partial charge in [0.1, 0.15) is 31.0 Å². The van der Waals surface area contributed by atoms with Gasteiger partial charge in [-0.2, -0.15) is 0 Å². The second-order valence-corrected chi connectivity index (χ2v) is 6.44. The van der Waals surface area contributed by atoms with E-state index in [2.05, 4.69) is 6.92 Å². The van der Waals surface area contributed by atoms with Gasteiger partial charge in [-0.1, -0.05) is 51.9 Å². The van der Waals surface area contributed by atoms with Crippen molar-refractivity contribution in [3.63, 3.8) is 0 Å². The van der Waals surface area contributed by atoms with Gasteiger partial charge in [-0.15, -0.1) is 0 Å². The maximum absolute atomic E-state index is 11.7. The number of aliphatic hydroxyl groups is 4. The number of hydrogen-bond acceptors (Lipinski definition) is 7. The van der Waals surface area contributed by atoms with Crippen molar-refractivity contribution in [2.75, 3.05) is 6.61 Å². The molecule has 0 spiro atoms. The summed E-state index contributed by atoms with van der Waals surface area (Å²) >= 11 is 0. The monoisotopic (exact) mass is 348 g/mol. The molecule has 0 aromatic carbocycles. The molecule has 0 unspecified atom stereocenters. The van der Waals surface area contributed by atoms with E-state index in [1.54, 1.807) is 0 Å². The van der Waals surface area contributed by atoms with Crippen LogP contribution in [0.1, 0.15) is 64.7 Å². The van der Waals surface area contributed by atoms with Crippen LogP contribution in [0.15, 0.2) is 0 Å². The highest BCUT2D eigenvalue weighted by atomic mass is 16.6. The SMILES string of the molecule is CCCCCCCCCCC(=O)OC[C@H]1O[C@H](O)[C@H](O)[C@@H](O)[C@H]1O.